The Morgan fingerprint density at radius 2 is 2.07 bits per heavy atom. The predicted octanol–water partition coefficient (Wildman–Crippen LogP) is 2.37. The highest BCUT2D eigenvalue weighted by Gasteiger charge is 2.50. The fourth-order valence-corrected chi connectivity index (χ4v) is 2.64. The Hall–Kier alpha value is -1.02. The lowest BCUT2D eigenvalue weighted by Crippen LogP contribution is -2.31. The lowest BCUT2D eigenvalue weighted by molar-refractivity contribution is 0.880. The standard InChI is InChI=1S/C12H13ClN2/c13-10-4-2-1-3-9(10)12(5-6-12)11-14-7-8-15-11/h1-4H,5-8H2,(H,14,15). The maximum absolute atomic E-state index is 6.24. The quantitative estimate of drug-likeness (QED) is 0.813. The first-order valence-corrected chi connectivity index (χ1v) is 5.74. The zero-order chi connectivity index (χ0) is 10.3. The number of nitrogens with one attached hydrogen (secondary N) is 1. The normalized spacial score (nSPS) is 22.1. The number of nitrogens with zero attached hydrogens (tertiary/aromatic N) is 1. The third-order valence-electron chi connectivity index (χ3n) is 3.27. The summed E-state index contributed by atoms with van der Waals surface area (Å²) >= 11 is 6.24. The molecule has 0 radical (unpaired) electrons. The Bertz CT molecular complexity index is 421. The summed E-state index contributed by atoms with van der Waals surface area (Å²) in [6.07, 6.45) is 2.34. The molecule has 0 aromatic heterocycles. The van der Waals surface area contributed by atoms with Crippen molar-refractivity contribution in [2.45, 2.75) is 18.3 Å². The van der Waals surface area contributed by atoms with Crippen molar-refractivity contribution < 1.29 is 0 Å². The predicted molar refractivity (Wildman–Crippen MR) is 62.7 cm³/mol. The molecule has 0 atom stereocenters. The van der Waals surface area contributed by atoms with Gasteiger partial charge in [0.2, 0.25) is 0 Å². The fraction of sp³-hybridized carbons (Fsp3) is 0.417. The van der Waals surface area contributed by atoms with E-state index in [1.54, 1.807) is 0 Å². The summed E-state index contributed by atoms with van der Waals surface area (Å²) in [7, 11) is 0. The zero-order valence-corrected chi connectivity index (χ0v) is 9.22. The van der Waals surface area contributed by atoms with Gasteiger partial charge in [0.1, 0.15) is 5.84 Å². The van der Waals surface area contributed by atoms with Crippen molar-refractivity contribution in [1.29, 1.82) is 0 Å². The molecule has 1 aliphatic heterocycles. The third kappa shape index (κ3) is 1.36. The Labute approximate surface area is 94.4 Å². The lowest BCUT2D eigenvalue weighted by Gasteiger charge is -2.17. The molecular formula is C12H13ClN2. The monoisotopic (exact) mass is 220 g/mol. The van der Waals surface area contributed by atoms with E-state index in [1.807, 2.05) is 12.1 Å². The number of benzene rings is 1. The molecule has 3 rings (SSSR count). The van der Waals surface area contributed by atoms with Crippen molar-refractivity contribution in [1.82, 2.24) is 5.32 Å². The highest BCUT2D eigenvalue weighted by atomic mass is 35.5. The molecular weight excluding hydrogens is 208 g/mol. The number of aliphatic imine (C=N–C) groups is 1. The SMILES string of the molecule is Clc1ccccc1C1(C2=NCCN2)CC1. The molecule has 0 unspecified atom stereocenters. The van der Waals surface area contributed by atoms with Crippen LogP contribution in [-0.2, 0) is 5.41 Å². The minimum absolute atomic E-state index is 0.120. The van der Waals surface area contributed by atoms with Crippen molar-refractivity contribution in [2.75, 3.05) is 13.1 Å². The zero-order valence-electron chi connectivity index (χ0n) is 8.46. The van der Waals surface area contributed by atoms with Gasteiger partial charge in [-0.15, -0.1) is 0 Å². The first-order chi connectivity index (χ1) is 7.33. The van der Waals surface area contributed by atoms with Crippen LogP contribution in [0.5, 0.6) is 0 Å². The van der Waals surface area contributed by atoms with Gasteiger partial charge in [-0.05, 0) is 24.5 Å². The summed E-state index contributed by atoms with van der Waals surface area (Å²) in [5.74, 6) is 1.15. The molecule has 1 fully saturated rings. The van der Waals surface area contributed by atoms with Crippen LogP contribution in [0.4, 0.5) is 0 Å². The van der Waals surface area contributed by atoms with Crippen LogP contribution in [0, 0.1) is 0 Å². The van der Waals surface area contributed by atoms with Gasteiger partial charge in [0, 0.05) is 11.6 Å². The minimum Gasteiger partial charge on any atom is -0.371 e. The van der Waals surface area contributed by atoms with Gasteiger partial charge in [-0.2, -0.15) is 0 Å². The first kappa shape index (κ1) is 9.22. The maximum Gasteiger partial charge on any atom is 0.107 e. The minimum atomic E-state index is 0.120. The van der Waals surface area contributed by atoms with Crippen molar-refractivity contribution >= 4 is 17.4 Å². The smallest absolute Gasteiger partial charge is 0.107 e. The van der Waals surface area contributed by atoms with E-state index in [9.17, 15) is 0 Å². The summed E-state index contributed by atoms with van der Waals surface area (Å²) in [5, 5.41) is 4.24. The van der Waals surface area contributed by atoms with Gasteiger partial charge in [0.05, 0.1) is 12.0 Å². The summed E-state index contributed by atoms with van der Waals surface area (Å²) in [5.41, 5.74) is 1.36. The van der Waals surface area contributed by atoms with Crippen LogP contribution in [0.2, 0.25) is 5.02 Å². The molecule has 15 heavy (non-hydrogen) atoms. The summed E-state index contributed by atoms with van der Waals surface area (Å²) < 4.78 is 0. The molecule has 1 heterocycles. The molecule has 0 saturated heterocycles. The van der Waals surface area contributed by atoms with Crippen LogP contribution in [-0.4, -0.2) is 18.9 Å². The second-order valence-electron chi connectivity index (χ2n) is 4.22. The summed E-state index contributed by atoms with van der Waals surface area (Å²) in [6.45, 7) is 1.88. The summed E-state index contributed by atoms with van der Waals surface area (Å²) in [4.78, 5) is 4.53. The number of rotatable bonds is 2. The van der Waals surface area contributed by atoms with Crippen molar-refractivity contribution in [3.63, 3.8) is 0 Å². The van der Waals surface area contributed by atoms with Gasteiger partial charge in [0.15, 0.2) is 0 Å². The average molecular weight is 221 g/mol. The van der Waals surface area contributed by atoms with Gasteiger partial charge < -0.3 is 5.32 Å². The highest BCUT2D eigenvalue weighted by molar-refractivity contribution is 6.32. The molecule has 0 spiro atoms. The van der Waals surface area contributed by atoms with Crippen molar-refractivity contribution in [2.24, 2.45) is 4.99 Å². The number of hydrogen-bond donors (Lipinski definition) is 1. The van der Waals surface area contributed by atoms with Crippen LogP contribution in [0.25, 0.3) is 0 Å². The van der Waals surface area contributed by atoms with Gasteiger partial charge in [-0.1, -0.05) is 29.8 Å². The van der Waals surface area contributed by atoms with Gasteiger partial charge in [0.25, 0.3) is 0 Å². The van der Waals surface area contributed by atoms with Crippen LogP contribution >= 0.6 is 11.6 Å². The fourth-order valence-electron chi connectivity index (χ4n) is 2.33. The molecule has 1 N–H and O–H groups in total. The van der Waals surface area contributed by atoms with Gasteiger partial charge in [-0.3, -0.25) is 4.99 Å². The molecule has 2 nitrogen and oxygen atoms in total. The van der Waals surface area contributed by atoms with Crippen LogP contribution < -0.4 is 5.32 Å². The Morgan fingerprint density at radius 3 is 2.67 bits per heavy atom. The van der Waals surface area contributed by atoms with E-state index in [0.29, 0.717) is 0 Å². The topological polar surface area (TPSA) is 24.4 Å². The number of amidine groups is 1. The van der Waals surface area contributed by atoms with Crippen LogP contribution in [0.3, 0.4) is 0 Å². The Kier molecular flexibility index (Phi) is 1.99. The van der Waals surface area contributed by atoms with E-state index in [2.05, 4.69) is 22.4 Å². The second-order valence-corrected chi connectivity index (χ2v) is 4.63. The molecule has 1 aromatic rings. The van der Waals surface area contributed by atoms with E-state index >= 15 is 0 Å². The van der Waals surface area contributed by atoms with E-state index in [0.717, 1.165) is 23.9 Å². The molecule has 1 aliphatic carbocycles. The Morgan fingerprint density at radius 1 is 1.27 bits per heavy atom. The maximum atomic E-state index is 6.24. The summed E-state index contributed by atoms with van der Waals surface area (Å²) in [6, 6.07) is 8.12. The second kappa shape index (κ2) is 3.24. The molecule has 2 aliphatic rings. The van der Waals surface area contributed by atoms with E-state index in [-0.39, 0.29) is 5.41 Å². The molecule has 1 aromatic carbocycles. The van der Waals surface area contributed by atoms with E-state index in [4.69, 9.17) is 11.6 Å². The van der Waals surface area contributed by atoms with Crippen molar-refractivity contribution in [3.05, 3.63) is 34.9 Å². The van der Waals surface area contributed by atoms with Crippen LogP contribution in [0.15, 0.2) is 29.3 Å². The van der Waals surface area contributed by atoms with E-state index in [1.165, 1.54) is 18.4 Å². The lowest BCUT2D eigenvalue weighted by atomic mass is 9.94. The molecule has 3 heteroatoms. The Balaban J connectivity index is 2.03. The number of hydrogen-bond acceptors (Lipinski definition) is 2. The molecule has 1 saturated carbocycles. The average Bonchev–Trinajstić information content (AvgIpc) is 2.87. The van der Waals surface area contributed by atoms with Gasteiger partial charge in [-0.25, -0.2) is 0 Å². The van der Waals surface area contributed by atoms with E-state index < -0.39 is 0 Å². The van der Waals surface area contributed by atoms with Crippen LogP contribution in [0.1, 0.15) is 18.4 Å². The largest absolute Gasteiger partial charge is 0.371 e. The molecule has 0 bridgehead atoms. The van der Waals surface area contributed by atoms with Crippen molar-refractivity contribution in [3.8, 4) is 0 Å². The first-order valence-electron chi connectivity index (χ1n) is 5.37. The third-order valence-corrected chi connectivity index (χ3v) is 3.60. The highest BCUT2D eigenvalue weighted by Crippen LogP contribution is 2.51. The van der Waals surface area contributed by atoms with Gasteiger partial charge >= 0.3 is 0 Å². The molecule has 0 amide bonds. The molecule has 78 valence electrons. The number of halogens is 1.